The molecule has 1 aromatic carbocycles. The van der Waals surface area contributed by atoms with Crippen LogP contribution in [0.5, 0.6) is 0 Å². The number of hydrogen-bond acceptors (Lipinski definition) is 4. The van der Waals surface area contributed by atoms with Gasteiger partial charge in [0.25, 0.3) is 10.2 Å². The van der Waals surface area contributed by atoms with E-state index in [4.69, 9.17) is 4.74 Å². The van der Waals surface area contributed by atoms with Gasteiger partial charge < -0.3 is 4.74 Å². The second kappa shape index (κ2) is 8.63. The van der Waals surface area contributed by atoms with Crippen molar-refractivity contribution >= 4 is 16.3 Å². The molecule has 4 rings (SSSR count). The summed E-state index contributed by atoms with van der Waals surface area (Å²) in [6, 6.07) is 10.5. The lowest BCUT2D eigenvalue weighted by molar-refractivity contribution is 0.0714. The van der Waals surface area contributed by atoms with Gasteiger partial charge in [0.1, 0.15) is 0 Å². The fraction of sp³-hybridized carbons (Fsp3) is 0.619. The minimum Gasteiger partial charge on any atom is -0.379 e. The lowest BCUT2D eigenvalue weighted by Crippen LogP contribution is -2.56. The molecule has 2 aliphatic heterocycles. The standard InChI is InChI=1S/C21H31N3O3S/c1-17(13-18-5-3-2-4-6-18)14-23-15-19-7-8-20(16-23)21(19)22-28(25,26)24-9-11-27-12-10-24/h2-6,13,19-22H,7-12,14-16H2,1H3/b17-13+/t19-,20+,21?. The summed E-state index contributed by atoms with van der Waals surface area (Å²) in [7, 11) is -3.42. The van der Waals surface area contributed by atoms with E-state index in [1.54, 1.807) is 0 Å². The van der Waals surface area contributed by atoms with Crippen LogP contribution in [0.25, 0.3) is 6.08 Å². The molecule has 1 aromatic rings. The number of rotatable bonds is 6. The second-order valence-corrected chi connectivity index (χ2v) is 10.1. The number of hydrogen-bond donors (Lipinski definition) is 1. The average molecular weight is 406 g/mol. The zero-order valence-electron chi connectivity index (χ0n) is 16.6. The van der Waals surface area contributed by atoms with Crippen LogP contribution < -0.4 is 4.72 Å². The van der Waals surface area contributed by atoms with E-state index >= 15 is 0 Å². The number of likely N-dealkylation sites (tertiary alicyclic amines) is 1. The molecule has 7 heteroatoms. The van der Waals surface area contributed by atoms with Gasteiger partial charge in [-0.25, -0.2) is 0 Å². The SMILES string of the molecule is C/C(=C\c1ccccc1)CN1C[C@H]2CC[C@@H](C1)C2NS(=O)(=O)N1CCOCC1. The summed E-state index contributed by atoms with van der Waals surface area (Å²) in [5.41, 5.74) is 2.58. The molecule has 1 saturated carbocycles. The molecule has 2 bridgehead atoms. The highest BCUT2D eigenvalue weighted by atomic mass is 32.2. The Morgan fingerprint density at radius 1 is 1.14 bits per heavy atom. The van der Waals surface area contributed by atoms with Gasteiger partial charge in [-0.2, -0.15) is 17.4 Å². The Kier molecular flexibility index (Phi) is 6.18. The van der Waals surface area contributed by atoms with E-state index in [9.17, 15) is 8.42 Å². The smallest absolute Gasteiger partial charge is 0.279 e. The van der Waals surface area contributed by atoms with E-state index in [0.29, 0.717) is 38.1 Å². The lowest BCUT2D eigenvalue weighted by atomic mass is 9.93. The Labute approximate surface area is 168 Å². The molecular weight excluding hydrogens is 374 g/mol. The van der Waals surface area contributed by atoms with Gasteiger partial charge in [-0.05, 0) is 37.2 Å². The maximum atomic E-state index is 12.8. The van der Waals surface area contributed by atoms with Crippen LogP contribution in [-0.2, 0) is 14.9 Å². The number of piperidine rings is 1. The van der Waals surface area contributed by atoms with Gasteiger partial charge >= 0.3 is 0 Å². The largest absolute Gasteiger partial charge is 0.379 e. The van der Waals surface area contributed by atoms with Gasteiger partial charge in [-0.1, -0.05) is 42.0 Å². The van der Waals surface area contributed by atoms with Crippen molar-refractivity contribution in [3.05, 3.63) is 41.5 Å². The van der Waals surface area contributed by atoms with Crippen molar-refractivity contribution in [2.24, 2.45) is 11.8 Å². The van der Waals surface area contributed by atoms with E-state index in [2.05, 4.69) is 46.9 Å². The molecule has 2 heterocycles. The lowest BCUT2D eigenvalue weighted by Gasteiger charge is -2.39. The van der Waals surface area contributed by atoms with E-state index in [0.717, 1.165) is 32.5 Å². The average Bonchev–Trinajstić information content (AvgIpc) is 2.91. The summed E-state index contributed by atoms with van der Waals surface area (Å²) in [5.74, 6) is 0.804. The van der Waals surface area contributed by atoms with E-state index < -0.39 is 10.2 Å². The predicted octanol–water partition coefficient (Wildman–Crippen LogP) is 1.97. The fourth-order valence-corrected chi connectivity index (χ4v) is 6.41. The Morgan fingerprint density at radius 3 is 2.43 bits per heavy atom. The zero-order valence-corrected chi connectivity index (χ0v) is 17.4. The Hall–Kier alpha value is -1.25. The molecule has 0 radical (unpaired) electrons. The first-order chi connectivity index (χ1) is 13.5. The molecule has 0 amide bonds. The van der Waals surface area contributed by atoms with Crippen LogP contribution in [0.15, 0.2) is 35.9 Å². The van der Waals surface area contributed by atoms with Gasteiger partial charge in [0, 0.05) is 38.8 Å². The van der Waals surface area contributed by atoms with E-state index in [-0.39, 0.29) is 6.04 Å². The van der Waals surface area contributed by atoms with Crippen LogP contribution in [0.4, 0.5) is 0 Å². The molecule has 28 heavy (non-hydrogen) atoms. The second-order valence-electron chi connectivity index (χ2n) is 8.35. The molecule has 2 saturated heterocycles. The zero-order chi connectivity index (χ0) is 19.6. The number of nitrogens with one attached hydrogen (secondary N) is 1. The Balaban J connectivity index is 1.36. The van der Waals surface area contributed by atoms with Crippen molar-refractivity contribution in [2.45, 2.75) is 25.8 Å². The third-order valence-electron chi connectivity index (χ3n) is 6.19. The first-order valence-electron chi connectivity index (χ1n) is 10.3. The monoisotopic (exact) mass is 405 g/mol. The predicted molar refractivity (Wildman–Crippen MR) is 111 cm³/mol. The van der Waals surface area contributed by atoms with Crippen molar-refractivity contribution in [1.82, 2.24) is 13.9 Å². The third kappa shape index (κ3) is 4.66. The van der Waals surface area contributed by atoms with Crippen molar-refractivity contribution < 1.29 is 13.2 Å². The van der Waals surface area contributed by atoms with Crippen LogP contribution in [0.3, 0.4) is 0 Å². The molecule has 6 nitrogen and oxygen atoms in total. The summed E-state index contributed by atoms with van der Waals surface area (Å²) in [6.45, 7) is 6.94. The number of nitrogens with zero attached hydrogens (tertiary/aromatic N) is 2. The van der Waals surface area contributed by atoms with Crippen LogP contribution in [0.2, 0.25) is 0 Å². The molecule has 3 fully saturated rings. The highest BCUT2D eigenvalue weighted by Gasteiger charge is 2.44. The minimum atomic E-state index is -3.42. The van der Waals surface area contributed by atoms with Gasteiger partial charge in [0.05, 0.1) is 13.2 Å². The first kappa shape index (κ1) is 20.0. The van der Waals surface area contributed by atoms with Crippen LogP contribution in [0.1, 0.15) is 25.3 Å². The molecule has 3 aliphatic rings. The molecule has 1 N–H and O–H groups in total. The van der Waals surface area contributed by atoms with E-state index in [1.807, 2.05) is 6.07 Å². The normalized spacial score (nSPS) is 29.9. The number of benzene rings is 1. The van der Waals surface area contributed by atoms with E-state index in [1.165, 1.54) is 15.4 Å². The van der Waals surface area contributed by atoms with Crippen molar-refractivity contribution in [2.75, 3.05) is 45.9 Å². The number of ether oxygens (including phenoxy) is 1. The molecule has 154 valence electrons. The first-order valence-corrected chi connectivity index (χ1v) is 11.7. The van der Waals surface area contributed by atoms with Gasteiger partial charge in [0.15, 0.2) is 0 Å². The fourth-order valence-electron chi connectivity index (χ4n) is 4.91. The maximum absolute atomic E-state index is 12.8. The highest BCUT2D eigenvalue weighted by Crippen LogP contribution is 2.37. The summed E-state index contributed by atoms with van der Waals surface area (Å²) in [6.07, 6.45) is 4.47. The topological polar surface area (TPSA) is 61.9 Å². The molecular formula is C21H31N3O3S. The summed E-state index contributed by atoms with van der Waals surface area (Å²) < 4.78 is 35.4. The third-order valence-corrected chi connectivity index (χ3v) is 7.81. The molecule has 1 unspecified atom stereocenters. The van der Waals surface area contributed by atoms with Crippen LogP contribution in [-0.4, -0.2) is 69.6 Å². The van der Waals surface area contributed by atoms with Gasteiger partial charge in [-0.3, -0.25) is 4.90 Å². The number of morpholine rings is 1. The summed E-state index contributed by atoms with van der Waals surface area (Å²) in [4.78, 5) is 2.50. The van der Waals surface area contributed by atoms with Crippen molar-refractivity contribution in [3.63, 3.8) is 0 Å². The quantitative estimate of drug-likeness (QED) is 0.786. The van der Waals surface area contributed by atoms with Crippen molar-refractivity contribution in [1.29, 1.82) is 0 Å². The molecule has 1 aliphatic carbocycles. The molecule has 0 aromatic heterocycles. The molecule has 0 spiro atoms. The maximum Gasteiger partial charge on any atom is 0.279 e. The highest BCUT2D eigenvalue weighted by molar-refractivity contribution is 7.87. The Bertz CT molecular complexity index is 776. The number of fused-ring (bicyclic) bond motifs is 2. The summed E-state index contributed by atoms with van der Waals surface area (Å²) >= 11 is 0. The molecule has 3 atom stereocenters. The van der Waals surface area contributed by atoms with Crippen LogP contribution >= 0.6 is 0 Å². The van der Waals surface area contributed by atoms with Crippen molar-refractivity contribution in [3.8, 4) is 0 Å². The van der Waals surface area contributed by atoms with Gasteiger partial charge in [-0.15, -0.1) is 0 Å². The van der Waals surface area contributed by atoms with Gasteiger partial charge in [0.2, 0.25) is 0 Å². The van der Waals surface area contributed by atoms with Crippen LogP contribution in [0, 0.1) is 11.8 Å². The summed E-state index contributed by atoms with van der Waals surface area (Å²) in [5, 5.41) is 0. The Morgan fingerprint density at radius 2 is 1.79 bits per heavy atom. The minimum absolute atomic E-state index is 0.0718.